The maximum absolute atomic E-state index is 12.7. The highest BCUT2D eigenvalue weighted by molar-refractivity contribution is 7.47. The van der Waals surface area contributed by atoms with Gasteiger partial charge in [-0.1, -0.05) is 293 Å². The molecule has 0 rings (SSSR count). The van der Waals surface area contributed by atoms with Crippen molar-refractivity contribution in [1.29, 1.82) is 0 Å². The summed E-state index contributed by atoms with van der Waals surface area (Å²) in [5, 5.41) is 0. The van der Waals surface area contributed by atoms with Crippen LogP contribution in [0.3, 0.4) is 0 Å². The summed E-state index contributed by atoms with van der Waals surface area (Å²) in [5.41, 5.74) is 5.39. The second-order valence-electron chi connectivity index (χ2n) is 22.3. The summed E-state index contributed by atoms with van der Waals surface area (Å²) in [6.07, 6.45) is 104. The van der Waals surface area contributed by atoms with Crippen LogP contribution in [0, 0.1) is 0 Å². The lowest BCUT2D eigenvalue weighted by atomic mass is 10.0. The van der Waals surface area contributed by atoms with Crippen LogP contribution < -0.4 is 5.73 Å². The van der Waals surface area contributed by atoms with Gasteiger partial charge in [-0.15, -0.1) is 0 Å². The highest BCUT2D eigenvalue weighted by atomic mass is 31.2. The Labute approximate surface area is 533 Å². The van der Waals surface area contributed by atoms with E-state index in [0.717, 1.165) is 116 Å². The van der Waals surface area contributed by atoms with Crippen molar-refractivity contribution in [1.82, 2.24) is 0 Å². The molecule has 0 spiro atoms. The number of rotatable bonds is 63. The maximum Gasteiger partial charge on any atom is 0.472 e. The van der Waals surface area contributed by atoms with Gasteiger partial charge in [-0.25, -0.2) is 4.57 Å². The number of phosphoric ester groups is 1. The second kappa shape index (κ2) is 70.5. The molecule has 0 aromatic carbocycles. The summed E-state index contributed by atoms with van der Waals surface area (Å²) >= 11 is 0. The molecule has 0 aromatic heterocycles. The van der Waals surface area contributed by atoms with Gasteiger partial charge in [0.05, 0.1) is 13.2 Å². The first-order chi connectivity index (χ1) is 42.8. The fourth-order valence-corrected chi connectivity index (χ4v) is 9.77. The highest BCUT2D eigenvalue weighted by Gasteiger charge is 2.26. The molecule has 0 radical (unpaired) electrons. The summed E-state index contributed by atoms with van der Waals surface area (Å²) in [4.78, 5) is 35.3. The molecular formula is C77H126NO8P. The van der Waals surface area contributed by atoms with Crippen molar-refractivity contribution >= 4 is 19.8 Å². The van der Waals surface area contributed by atoms with E-state index in [1.165, 1.54) is 122 Å². The Bertz CT molecular complexity index is 2030. The molecule has 0 bridgehead atoms. The summed E-state index contributed by atoms with van der Waals surface area (Å²) in [6, 6.07) is 0. The van der Waals surface area contributed by atoms with Gasteiger partial charge in [0.1, 0.15) is 6.61 Å². The zero-order chi connectivity index (χ0) is 63.0. The normalized spacial score (nSPS) is 14.0. The van der Waals surface area contributed by atoms with Crippen LogP contribution in [0.4, 0.5) is 0 Å². The average molecular weight is 1220 g/mol. The summed E-state index contributed by atoms with van der Waals surface area (Å²) < 4.78 is 33.1. The van der Waals surface area contributed by atoms with E-state index in [0.29, 0.717) is 6.42 Å². The molecule has 0 amide bonds. The van der Waals surface area contributed by atoms with Crippen molar-refractivity contribution in [2.45, 2.75) is 277 Å². The standard InChI is InChI=1S/C77H126NO8P/c1-3-5-7-9-11-13-15-17-19-21-23-25-27-29-31-32-33-34-35-36-37-38-39-40-41-42-44-46-48-50-52-54-56-58-60-62-64-66-68-70-77(80)86-75(74-85-87(81,82)84-72-71-78)73-83-76(79)69-67-65-63-61-59-57-55-53-51-49-47-45-43-30-28-26-24-22-20-18-16-14-12-10-8-6-4-2/h5,7,11,13,16-19,22-25,29,31,33-34,36-37,39-40,42,44,48,50,54,56,60,62,75H,3-4,6,8-10,12,14-15,20-21,26-28,30,32,35,38,41,43,45-47,49,51-53,55,57-59,61,63-74,78H2,1-2H3,(H,81,82)/b7-5-,13-11-,18-16-,19-17-,24-22-,25-23-,31-29-,34-33-,37-36-,40-39-,44-42-,50-48-,56-54-,62-60-. The number of carbonyl (C=O) groups excluding carboxylic acids is 2. The number of phosphoric acid groups is 1. The Kier molecular flexibility index (Phi) is 66.7. The lowest BCUT2D eigenvalue weighted by Gasteiger charge is -2.19. The van der Waals surface area contributed by atoms with E-state index >= 15 is 0 Å². The summed E-state index contributed by atoms with van der Waals surface area (Å²) in [6.45, 7) is 3.57. The minimum absolute atomic E-state index is 0.0379. The zero-order valence-electron chi connectivity index (χ0n) is 55.2. The molecular weight excluding hydrogens is 1100 g/mol. The average Bonchev–Trinajstić information content (AvgIpc) is 3.64. The molecule has 10 heteroatoms. The molecule has 3 N–H and O–H groups in total. The van der Waals surface area contributed by atoms with Gasteiger partial charge in [-0.05, 0) is 135 Å². The van der Waals surface area contributed by atoms with Gasteiger partial charge in [-0.2, -0.15) is 0 Å². The van der Waals surface area contributed by atoms with Crippen LogP contribution in [-0.2, 0) is 32.7 Å². The van der Waals surface area contributed by atoms with E-state index in [9.17, 15) is 19.0 Å². The fraction of sp³-hybridized carbons (Fsp3) is 0.610. The first-order valence-corrected chi connectivity index (χ1v) is 36.1. The van der Waals surface area contributed by atoms with Crippen molar-refractivity contribution in [2.75, 3.05) is 26.4 Å². The first kappa shape index (κ1) is 82.4. The van der Waals surface area contributed by atoms with Crippen molar-refractivity contribution in [3.8, 4) is 0 Å². The Morgan fingerprint density at radius 2 is 0.632 bits per heavy atom. The number of unbranched alkanes of at least 4 members (excludes halogenated alkanes) is 22. The topological polar surface area (TPSA) is 134 Å². The fourth-order valence-electron chi connectivity index (χ4n) is 9.00. The number of nitrogens with two attached hydrogens (primary N) is 1. The van der Waals surface area contributed by atoms with Crippen LogP contribution >= 0.6 is 7.82 Å². The number of esters is 2. The molecule has 0 aliphatic carbocycles. The molecule has 0 aromatic rings. The number of allylic oxidation sites excluding steroid dienone is 28. The Balaban J connectivity index is 4.05. The van der Waals surface area contributed by atoms with Crippen molar-refractivity contribution < 1.29 is 37.6 Å². The summed E-state index contributed by atoms with van der Waals surface area (Å²) in [7, 11) is -4.42. The van der Waals surface area contributed by atoms with E-state index in [-0.39, 0.29) is 32.6 Å². The molecule has 0 aliphatic rings. The molecule has 2 unspecified atom stereocenters. The molecule has 0 fully saturated rings. The van der Waals surface area contributed by atoms with Gasteiger partial charge in [0.2, 0.25) is 0 Å². The number of hydrogen-bond acceptors (Lipinski definition) is 8. The van der Waals surface area contributed by atoms with Crippen LogP contribution in [0.2, 0.25) is 0 Å². The van der Waals surface area contributed by atoms with Gasteiger partial charge in [-0.3, -0.25) is 18.6 Å². The van der Waals surface area contributed by atoms with E-state index in [1.54, 1.807) is 0 Å². The predicted molar refractivity (Wildman–Crippen MR) is 376 cm³/mol. The Morgan fingerprint density at radius 1 is 0.356 bits per heavy atom. The van der Waals surface area contributed by atoms with Gasteiger partial charge in [0, 0.05) is 19.4 Å². The molecule has 0 saturated heterocycles. The Hall–Kier alpha value is -4.63. The van der Waals surface area contributed by atoms with Crippen molar-refractivity contribution in [2.24, 2.45) is 5.73 Å². The van der Waals surface area contributed by atoms with Gasteiger partial charge in [0.15, 0.2) is 6.10 Å². The van der Waals surface area contributed by atoms with Crippen LogP contribution in [0.5, 0.6) is 0 Å². The van der Waals surface area contributed by atoms with Crippen LogP contribution in [0.25, 0.3) is 0 Å². The van der Waals surface area contributed by atoms with Crippen molar-refractivity contribution in [3.63, 3.8) is 0 Å². The number of hydrogen-bond donors (Lipinski definition) is 2. The Morgan fingerprint density at radius 3 is 0.966 bits per heavy atom. The van der Waals surface area contributed by atoms with Gasteiger partial charge >= 0.3 is 19.8 Å². The lowest BCUT2D eigenvalue weighted by molar-refractivity contribution is -0.161. The minimum Gasteiger partial charge on any atom is -0.462 e. The zero-order valence-corrected chi connectivity index (χ0v) is 56.1. The molecule has 87 heavy (non-hydrogen) atoms. The largest absolute Gasteiger partial charge is 0.472 e. The van der Waals surface area contributed by atoms with Crippen molar-refractivity contribution in [3.05, 3.63) is 170 Å². The predicted octanol–water partition coefficient (Wildman–Crippen LogP) is 23.0. The van der Waals surface area contributed by atoms with Gasteiger partial charge < -0.3 is 20.1 Å². The van der Waals surface area contributed by atoms with E-state index < -0.39 is 32.5 Å². The second-order valence-corrected chi connectivity index (χ2v) is 23.8. The molecule has 9 nitrogen and oxygen atoms in total. The third-order valence-electron chi connectivity index (χ3n) is 14.1. The molecule has 0 aliphatic heterocycles. The SMILES string of the molecule is CC/C=C\C/C=C\C/C=C\C/C=C\C/C=C\C/C=C\C/C=C\C/C=C\C/C=C\C/C=C\C/C=C\C/C=C\CCCCC(=O)OC(COC(=O)CCCCCCCCCCCCCCCCC/C=C\C/C=C\CCCCCCC)COP(=O)(O)OCCN. The highest BCUT2D eigenvalue weighted by Crippen LogP contribution is 2.43. The molecule has 0 heterocycles. The molecule has 492 valence electrons. The minimum atomic E-state index is -4.42. The third kappa shape index (κ3) is 70.3. The van der Waals surface area contributed by atoms with Crippen LogP contribution in [-0.4, -0.2) is 49.3 Å². The molecule has 2 atom stereocenters. The number of ether oxygens (including phenoxy) is 2. The monoisotopic (exact) mass is 1220 g/mol. The van der Waals surface area contributed by atoms with Crippen LogP contribution in [0.1, 0.15) is 271 Å². The smallest absolute Gasteiger partial charge is 0.462 e. The maximum atomic E-state index is 12.7. The lowest BCUT2D eigenvalue weighted by Crippen LogP contribution is -2.29. The van der Waals surface area contributed by atoms with Gasteiger partial charge in [0.25, 0.3) is 0 Å². The third-order valence-corrected chi connectivity index (χ3v) is 15.1. The quantitative estimate of drug-likeness (QED) is 0.0264. The van der Waals surface area contributed by atoms with E-state index in [4.69, 9.17) is 24.3 Å². The summed E-state index contributed by atoms with van der Waals surface area (Å²) in [5.74, 6) is -0.886. The van der Waals surface area contributed by atoms with E-state index in [2.05, 4.69) is 184 Å². The molecule has 0 saturated carbocycles. The number of carbonyl (C=O) groups is 2. The van der Waals surface area contributed by atoms with Crippen LogP contribution in [0.15, 0.2) is 170 Å². The van der Waals surface area contributed by atoms with E-state index in [1.807, 2.05) is 0 Å². The first-order valence-electron chi connectivity index (χ1n) is 34.6.